The van der Waals surface area contributed by atoms with Gasteiger partial charge in [0.2, 0.25) is 0 Å². The zero-order valence-corrected chi connectivity index (χ0v) is 18.3. The highest BCUT2D eigenvalue weighted by Crippen LogP contribution is 2.33. The predicted octanol–water partition coefficient (Wildman–Crippen LogP) is 2.90. The van der Waals surface area contributed by atoms with E-state index in [-0.39, 0.29) is 11.4 Å². The van der Waals surface area contributed by atoms with Gasteiger partial charge in [0.05, 0.1) is 25.5 Å². The molecule has 0 aliphatic carbocycles. The van der Waals surface area contributed by atoms with Crippen molar-refractivity contribution in [2.24, 2.45) is 0 Å². The summed E-state index contributed by atoms with van der Waals surface area (Å²) >= 11 is 1.45. The third-order valence-corrected chi connectivity index (χ3v) is 6.75. The molecule has 156 valence electrons. The molecule has 2 heterocycles. The van der Waals surface area contributed by atoms with Crippen molar-refractivity contribution >= 4 is 17.2 Å². The van der Waals surface area contributed by atoms with Crippen molar-refractivity contribution in [3.63, 3.8) is 0 Å². The van der Waals surface area contributed by atoms with Gasteiger partial charge in [-0.2, -0.15) is 0 Å². The van der Waals surface area contributed by atoms with Gasteiger partial charge in [0, 0.05) is 11.1 Å². The minimum Gasteiger partial charge on any atom is -0.370 e. The molecule has 4 rings (SSSR count). The van der Waals surface area contributed by atoms with Crippen LogP contribution in [0.15, 0.2) is 60.7 Å². The fourth-order valence-corrected chi connectivity index (χ4v) is 4.78. The summed E-state index contributed by atoms with van der Waals surface area (Å²) in [6.45, 7) is 8.50. The number of hydrogen-bond donors (Lipinski definition) is 2. The van der Waals surface area contributed by atoms with Crippen LogP contribution in [0, 0.1) is 0 Å². The van der Waals surface area contributed by atoms with E-state index in [4.69, 9.17) is 9.72 Å². The Hall–Kier alpha value is -2.54. The molecule has 0 atom stereocenters. The molecule has 1 aliphatic heterocycles. The van der Waals surface area contributed by atoms with Gasteiger partial charge in [0.25, 0.3) is 5.91 Å². The third-order valence-electron chi connectivity index (χ3n) is 5.65. The Morgan fingerprint density at radius 1 is 1.03 bits per heavy atom. The number of benzene rings is 2. The lowest BCUT2D eigenvalue weighted by Crippen LogP contribution is -3.22. The highest BCUT2D eigenvalue weighted by molar-refractivity contribution is 7.17. The zero-order chi connectivity index (χ0) is 21.0. The molecular weight excluding hydrogens is 394 g/mol. The number of thiazole rings is 1. The highest BCUT2D eigenvalue weighted by atomic mass is 32.1. The van der Waals surface area contributed by atoms with Crippen molar-refractivity contribution in [3.8, 4) is 21.8 Å². The van der Waals surface area contributed by atoms with Gasteiger partial charge < -0.3 is 15.0 Å². The largest absolute Gasteiger partial charge is 0.370 e. The van der Waals surface area contributed by atoms with Crippen molar-refractivity contribution in [3.05, 3.63) is 65.5 Å². The number of ether oxygens (including phenoxy) is 1. The summed E-state index contributed by atoms with van der Waals surface area (Å²) in [5, 5.41) is 4.04. The van der Waals surface area contributed by atoms with Crippen LogP contribution in [-0.4, -0.2) is 49.3 Å². The number of aromatic nitrogens is 1. The Kier molecular flexibility index (Phi) is 6.27. The van der Waals surface area contributed by atoms with Gasteiger partial charge in [-0.05, 0) is 13.8 Å². The minimum atomic E-state index is -0.0609. The van der Waals surface area contributed by atoms with E-state index in [0.717, 1.165) is 48.1 Å². The third kappa shape index (κ3) is 4.61. The molecule has 2 aromatic carbocycles. The number of rotatable bonds is 6. The lowest BCUT2D eigenvalue weighted by Gasteiger charge is -2.37. The molecule has 5 nitrogen and oxygen atoms in total. The number of nitrogens with zero attached hydrogens (tertiary/aromatic N) is 1. The fraction of sp³-hybridized carbons (Fsp3) is 0.333. The molecule has 1 aromatic heterocycles. The van der Waals surface area contributed by atoms with Gasteiger partial charge >= 0.3 is 0 Å². The van der Waals surface area contributed by atoms with Crippen LogP contribution in [-0.2, 0) is 4.74 Å². The van der Waals surface area contributed by atoms with Crippen LogP contribution >= 0.6 is 11.3 Å². The SMILES string of the molecule is CC(C)(CNC(=O)c1sc(-c2ccccc2)nc1-c1ccccc1)[NH+]1CCOCC1. The average Bonchev–Trinajstić information content (AvgIpc) is 3.25. The van der Waals surface area contributed by atoms with Crippen LogP contribution in [0.5, 0.6) is 0 Å². The summed E-state index contributed by atoms with van der Waals surface area (Å²) in [4.78, 5) is 20.2. The summed E-state index contributed by atoms with van der Waals surface area (Å²) in [5.74, 6) is -0.0609. The first-order valence-electron chi connectivity index (χ1n) is 10.4. The second kappa shape index (κ2) is 9.08. The monoisotopic (exact) mass is 422 g/mol. The topological polar surface area (TPSA) is 55.7 Å². The van der Waals surface area contributed by atoms with E-state index in [1.165, 1.54) is 16.2 Å². The smallest absolute Gasteiger partial charge is 0.263 e. The van der Waals surface area contributed by atoms with Crippen LogP contribution in [0.3, 0.4) is 0 Å². The first-order chi connectivity index (χ1) is 14.5. The molecule has 0 unspecified atom stereocenters. The molecule has 3 aromatic rings. The van der Waals surface area contributed by atoms with Crippen molar-refractivity contribution in [2.45, 2.75) is 19.4 Å². The number of nitrogens with one attached hydrogen (secondary N) is 2. The number of carbonyl (C=O) groups excluding carboxylic acids is 1. The van der Waals surface area contributed by atoms with Gasteiger partial charge in [0.15, 0.2) is 0 Å². The molecule has 2 N–H and O–H groups in total. The van der Waals surface area contributed by atoms with E-state index >= 15 is 0 Å². The van der Waals surface area contributed by atoms with Crippen LogP contribution in [0.1, 0.15) is 23.5 Å². The Morgan fingerprint density at radius 2 is 1.63 bits per heavy atom. The van der Waals surface area contributed by atoms with Gasteiger partial charge in [-0.25, -0.2) is 4.98 Å². The summed E-state index contributed by atoms with van der Waals surface area (Å²) < 4.78 is 5.48. The van der Waals surface area contributed by atoms with E-state index in [1.807, 2.05) is 60.7 Å². The number of carbonyl (C=O) groups is 1. The maximum absolute atomic E-state index is 13.2. The molecule has 1 amide bonds. The minimum absolute atomic E-state index is 0.0563. The lowest BCUT2D eigenvalue weighted by molar-refractivity contribution is -0.954. The van der Waals surface area contributed by atoms with Gasteiger partial charge in [-0.3, -0.25) is 4.79 Å². The number of amides is 1. The maximum atomic E-state index is 13.2. The molecule has 1 aliphatic rings. The molecule has 0 radical (unpaired) electrons. The summed E-state index contributed by atoms with van der Waals surface area (Å²) in [5.41, 5.74) is 2.67. The van der Waals surface area contributed by atoms with Crippen molar-refractivity contribution in [1.29, 1.82) is 0 Å². The molecular formula is C24H28N3O2S+. The molecule has 1 saturated heterocycles. The van der Waals surface area contributed by atoms with Gasteiger partial charge in [-0.15, -0.1) is 11.3 Å². The first kappa shape index (κ1) is 20.7. The fourth-order valence-electron chi connectivity index (χ4n) is 3.77. The summed E-state index contributed by atoms with van der Waals surface area (Å²) in [6.07, 6.45) is 0. The molecule has 30 heavy (non-hydrogen) atoms. The van der Waals surface area contributed by atoms with Crippen LogP contribution in [0.2, 0.25) is 0 Å². The van der Waals surface area contributed by atoms with Gasteiger partial charge in [-0.1, -0.05) is 60.7 Å². The van der Waals surface area contributed by atoms with Crippen LogP contribution < -0.4 is 10.2 Å². The number of hydrogen-bond acceptors (Lipinski definition) is 4. The van der Waals surface area contributed by atoms with Crippen LogP contribution in [0.4, 0.5) is 0 Å². The maximum Gasteiger partial charge on any atom is 0.263 e. The molecule has 0 bridgehead atoms. The second-order valence-corrected chi connectivity index (χ2v) is 9.21. The zero-order valence-electron chi connectivity index (χ0n) is 17.5. The summed E-state index contributed by atoms with van der Waals surface area (Å²) in [6, 6.07) is 20.0. The molecule has 0 saturated carbocycles. The second-order valence-electron chi connectivity index (χ2n) is 8.21. The van der Waals surface area contributed by atoms with Crippen molar-refractivity contribution in [2.75, 3.05) is 32.8 Å². The van der Waals surface area contributed by atoms with E-state index in [2.05, 4.69) is 19.2 Å². The van der Waals surface area contributed by atoms with E-state index < -0.39 is 0 Å². The molecule has 0 spiro atoms. The van der Waals surface area contributed by atoms with Crippen molar-refractivity contribution in [1.82, 2.24) is 10.3 Å². The summed E-state index contributed by atoms with van der Waals surface area (Å²) in [7, 11) is 0. The molecule has 1 fully saturated rings. The molecule has 6 heteroatoms. The van der Waals surface area contributed by atoms with E-state index in [9.17, 15) is 4.79 Å². The van der Waals surface area contributed by atoms with Crippen LogP contribution in [0.25, 0.3) is 21.8 Å². The Balaban J connectivity index is 1.58. The predicted molar refractivity (Wildman–Crippen MR) is 121 cm³/mol. The van der Waals surface area contributed by atoms with Gasteiger partial charge in [0.1, 0.15) is 28.5 Å². The number of quaternary nitrogens is 1. The van der Waals surface area contributed by atoms with E-state index in [0.29, 0.717) is 11.4 Å². The quantitative estimate of drug-likeness (QED) is 0.642. The van der Waals surface area contributed by atoms with Crippen molar-refractivity contribution < 1.29 is 14.4 Å². The highest BCUT2D eigenvalue weighted by Gasteiger charge is 2.33. The lowest BCUT2D eigenvalue weighted by atomic mass is 10.0. The average molecular weight is 423 g/mol. The normalized spacial score (nSPS) is 15.1. The first-order valence-corrected chi connectivity index (χ1v) is 11.2. The number of morpholine rings is 1. The van der Waals surface area contributed by atoms with E-state index in [1.54, 1.807) is 0 Å². The Labute approximate surface area is 181 Å². The Bertz CT molecular complexity index is 980. The Morgan fingerprint density at radius 3 is 2.27 bits per heavy atom. The standard InChI is InChI=1S/C24H27N3O2S/c1-24(2,27-13-15-29-16-14-27)17-25-22(28)21-20(18-9-5-3-6-10-18)26-23(30-21)19-11-7-4-8-12-19/h3-12H,13-17H2,1-2H3,(H,25,28)/p+1.